The van der Waals surface area contributed by atoms with Crippen molar-refractivity contribution >= 4 is 18.1 Å². The summed E-state index contributed by atoms with van der Waals surface area (Å²) in [5, 5.41) is 11.7. The van der Waals surface area contributed by atoms with E-state index in [2.05, 4.69) is 10.4 Å². The molecule has 2 amide bonds. The number of carbonyl (C=O) groups excluding carboxylic acids is 3. The number of methoxy groups -OCH3 is 1. The molecular formula is C27H34N4O5. The molecule has 4 rings (SSSR count). The number of hydrogen-bond acceptors (Lipinski definition) is 7. The molecule has 1 aliphatic carbocycles. The van der Waals surface area contributed by atoms with E-state index in [1.807, 2.05) is 36.4 Å². The lowest BCUT2D eigenvalue weighted by atomic mass is 9.91. The van der Waals surface area contributed by atoms with Crippen molar-refractivity contribution in [2.75, 3.05) is 20.2 Å². The Morgan fingerprint density at radius 1 is 1.22 bits per heavy atom. The number of rotatable bonds is 11. The summed E-state index contributed by atoms with van der Waals surface area (Å²) in [4.78, 5) is 42.1. The number of hydrazine groups is 1. The quantitative estimate of drug-likeness (QED) is 0.281. The number of hydrogen-bond donors (Lipinski definition) is 2. The number of hydroxylamine groups is 2. The number of Topliss-reactive ketones (excluding diaryl/α,β-unsaturated/α-hetero) is 1. The number of pyridine rings is 1. The average Bonchev–Trinajstić information content (AvgIpc) is 3.61. The van der Waals surface area contributed by atoms with Gasteiger partial charge in [0.1, 0.15) is 11.8 Å². The monoisotopic (exact) mass is 494 g/mol. The highest BCUT2D eigenvalue weighted by Gasteiger charge is 2.38. The van der Waals surface area contributed by atoms with Gasteiger partial charge in [-0.15, -0.1) is 0 Å². The van der Waals surface area contributed by atoms with Gasteiger partial charge in [0.25, 0.3) is 0 Å². The molecular weight excluding hydrogens is 460 g/mol. The van der Waals surface area contributed by atoms with Crippen molar-refractivity contribution in [2.45, 2.75) is 51.0 Å². The molecule has 2 N–H and O–H groups in total. The minimum absolute atomic E-state index is 0.0782. The summed E-state index contributed by atoms with van der Waals surface area (Å²) >= 11 is 0. The Bertz CT molecular complexity index is 1050. The molecule has 1 aromatic heterocycles. The Morgan fingerprint density at radius 2 is 2.03 bits per heavy atom. The van der Waals surface area contributed by atoms with Gasteiger partial charge < -0.3 is 4.74 Å². The summed E-state index contributed by atoms with van der Waals surface area (Å²) in [6.45, 7) is 0.433. The number of carbonyl (C=O) groups is 3. The van der Waals surface area contributed by atoms with Gasteiger partial charge in [0, 0.05) is 24.0 Å². The van der Waals surface area contributed by atoms with Crippen molar-refractivity contribution in [2.24, 2.45) is 11.8 Å². The van der Waals surface area contributed by atoms with E-state index in [9.17, 15) is 19.6 Å². The second kappa shape index (κ2) is 12.1. The van der Waals surface area contributed by atoms with Crippen molar-refractivity contribution in [1.29, 1.82) is 0 Å². The van der Waals surface area contributed by atoms with Gasteiger partial charge in [0.15, 0.2) is 5.78 Å². The molecule has 0 bridgehead atoms. The predicted octanol–water partition coefficient (Wildman–Crippen LogP) is 3.02. The van der Waals surface area contributed by atoms with Gasteiger partial charge in [0.05, 0.1) is 26.0 Å². The van der Waals surface area contributed by atoms with Gasteiger partial charge in [0.2, 0.25) is 12.3 Å². The van der Waals surface area contributed by atoms with Crippen LogP contribution in [-0.4, -0.2) is 64.6 Å². The van der Waals surface area contributed by atoms with Crippen LogP contribution in [0.1, 0.15) is 44.2 Å². The average molecular weight is 495 g/mol. The summed E-state index contributed by atoms with van der Waals surface area (Å²) in [5.74, 6) is 0.243. The SMILES string of the molecule is COc1cccc(-c2ccc(CC(=O)[C@@H]3CCNN3C(=O)[C@H](CC3CCCC3)CN(O)C=O)nc2)c1. The Morgan fingerprint density at radius 3 is 2.72 bits per heavy atom. The number of ether oxygens (including phenoxy) is 1. The number of benzene rings is 1. The summed E-state index contributed by atoms with van der Waals surface area (Å²) < 4.78 is 5.28. The second-order valence-corrected chi connectivity index (χ2v) is 9.64. The van der Waals surface area contributed by atoms with Crippen LogP contribution in [0.5, 0.6) is 5.75 Å². The first kappa shape index (κ1) is 25.8. The van der Waals surface area contributed by atoms with Gasteiger partial charge in [-0.05, 0) is 42.5 Å². The van der Waals surface area contributed by atoms with E-state index in [0.29, 0.717) is 42.5 Å². The molecule has 2 atom stereocenters. The lowest BCUT2D eigenvalue weighted by molar-refractivity contribution is -0.159. The molecule has 9 nitrogen and oxygen atoms in total. The maximum absolute atomic E-state index is 13.4. The van der Waals surface area contributed by atoms with Crippen molar-refractivity contribution in [3.05, 3.63) is 48.3 Å². The standard InChI is InChI=1S/C27H34N4O5/c1-36-24-8-4-7-20(14-24)21-9-10-23(28-16-21)15-26(33)25-11-12-29-31(25)27(34)22(17-30(35)18-32)13-19-5-2-3-6-19/h4,7-10,14,16,18-19,22,25,29,35H,2-3,5-6,11-13,15,17H2,1H3/t22-,25+/m1/s1. The summed E-state index contributed by atoms with van der Waals surface area (Å²) in [5.41, 5.74) is 5.58. The highest BCUT2D eigenvalue weighted by molar-refractivity contribution is 5.91. The number of nitrogens with one attached hydrogen (secondary N) is 1. The Hall–Kier alpha value is -3.30. The normalized spacial score (nSPS) is 18.7. The van der Waals surface area contributed by atoms with Crippen LogP contribution in [-0.2, 0) is 20.8 Å². The van der Waals surface area contributed by atoms with Crippen molar-refractivity contribution in [3.63, 3.8) is 0 Å². The molecule has 2 fully saturated rings. The van der Waals surface area contributed by atoms with E-state index in [1.165, 1.54) is 5.01 Å². The van der Waals surface area contributed by atoms with E-state index in [1.54, 1.807) is 13.3 Å². The molecule has 1 saturated heterocycles. The van der Waals surface area contributed by atoms with Crippen LogP contribution < -0.4 is 10.2 Å². The maximum Gasteiger partial charge on any atom is 0.242 e. The third-order valence-corrected chi connectivity index (χ3v) is 7.17. The molecule has 0 spiro atoms. The van der Waals surface area contributed by atoms with Crippen molar-refractivity contribution in [1.82, 2.24) is 20.5 Å². The first-order valence-corrected chi connectivity index (χ1v) is 12.6. The van der Waals surface area contributed by atoms with Gasteiger partial charge in [-0.3, -0.25) is 29.6 Å². The minimum atomic E-state index is -0.605. The second-order valence-electron chi connectivity index (χ2n) is 9.64. The zero-order valence-electron chi connectivity index (χ0n) is 20.6. The number of ketones is 1. The number of amides is 2. The lowest BCUT2D eigenvalue weighted by Crippen LogP contribution is -2.51. The molecule has 192 valence electrons. The highest BCUT2D eigenvalue weighted by atomic mass is 16.5. The molecule has 1 aromatic carbocycles. The molecule has 9 heteroatoms. The summed E-state index contributed by atoms with van der Waals surface area (Å²) in [6, 6.07) is 10.8. The van der Waals surface area contributed by atoms with Gasteiger partial charge in [-0.25, -0.2) is 10.5 Å². The topological polar surface area (TPSA) is 112 Å². The molecule has 1 saturated carbocycles. The van der Waals surface area contributed by atoms with Crippen molar-refractivity contribution in [3.8, 4) is 16.9 Å². The number of aromatic nitrogens is 1. The van der Waals surface area contributed by atoms with Crippen LogP contribution in [0.4, 0.5) is 0 Å². The highest BCUT2D eigenvalue weighted by Crippen LogP contribution is 2.32. The van der Waals surface area contributed by atoms with Crippen LogP contribution in [0.15, 0.2) is 42.6 Å². The largest absolute Gasteiger partial charge is 0.497 e. The summed E-state index contributed by atoms with van der Waals surface area (Å²) in [6.07, 6.45) is 7.63. The minimum Gasteiger partial charge on any atom is -0.497 e. The smallest absolute Gasteiger partial charge is 0.242 e. The fourth-order valence-corrected chi connectivity index (χ4v) is 5.26. The molecule has 1 aliphatic heterocycles. The molecule has 2 aromatic rings. The van der Waals surface area contributed by atoms with Crippen molar-refractivity contribution < 1.29 is 24.3 Å². The molecule has 0 unspecified atom stereocenters. The van der Waals surface area contributed by atoms with Crippen LogP contribution >= 0.6 is 0 Å². The summed E-state index contributed by atoms with van der Waals surface area (Å²) in [7, 11) is 1.62. The van der Waals surface area contributed by atoms with Gasteiger partial charge in [-0.1, -0.05) is 43.9 Å². The van der Waals surface area contributed by atoms with Crippen LogP contribution in [0.3, 0.4) is 0 Å². The Kier molecular flexibility index (Phi) is 8.66. The Labute approximate surface area is 211 Å². The van der Waals surface area contributed by atoms with E-state index < -0.39 is 12.0 Å². The third kappa shape index (κ3) is 6.27. The maximum atomic E-state index is 13.4. The number of nitrogens with zero attached hydrogens (tertiary/aromatic N) is 3. The molecule has 2 aliphatic rings. The Balaban J connectivity index is 1.42. The molecule has 0 radical (unpaired) electrons. The van der Waals surface area contributed by atoms with Crippen LogP contribution in [0, 0.1) is 11.8 Å². The van der Waals surface area contributed by atoms with Crippen LogP contribution in [0.2, 0.25) is 0 Å². The van der Waals surface area contributed by atoms with E-state index in [4.69, 9.17) is 4.74 Å². The van der Waals surface area contributed by atoms with E-state index in [0.717, 1.165) is 42.6 Å². The van der Waals surface area contributed by atoms with Gasteiger partial charge in [-0.2, -0.15) is 0 Å². The van der Waals surface area contributed by atoms with Gasteiger partial charge >= 0.3 is 0 Å². The zero-order valence-corrected chi connectivity index (χ0v) is 20.6. The van der Waals surface area contributed by atoms with E-state index in [-0.39, 0.29) is 24.7 Å². The lowest BCUT2D eigenvalue weighted by Gasteiger charge is -2.29. The third-order valence-electron chi connectivity index (χ3n) is 7.17. The van der Waals surface area contributed by atoms with Crippen LogP contribution in [0.25, 0.3) is 11.1 Å². The fraction of sp³-hybridized carbons (Fsp3) is 0.481. The van der Waals surface area contributed by atoms with E-state index >= 15 is 0 Å². The molecule has 36 heavy (non-hydrogen) atoms. The molecule has 2 heterocycles. The predicted molar refractivity (Wildman–Crippen MR) is 133 cm³/mol. The fourth-order valence-electron chi connectivity index (χ4n) is 5.26. The first-order chi connectivity index (χ1) is 17.5. The zero-order chi connectivity index (χ0) is 25.5. The first-order valence-electron chi connectivity index (χ1n) is 12.6.